The third kappa shape index (κ3) is 4.60. The molecule has 0 bridgehead atoms. The number of amides is 1. The molecule has 2 aromatic rings. The Balaban J connectivity index is 1.55. The number of rotatable bonds is 5. The number of fused-ring (bicyclic) bond motifs is 1. The van der Waals surface area contributed by atoms with Crippen molar-refractivity contribution < 1.29 is 14.3 Å². The molecule has 1 aliphatic carbocycles. The molecule has 1 amide bonds. The molecular weight excluding hydrogens is 326 g/mol. The maximum atomic E-state index is 12.4. The number of aryl methyl sites for hydroxylation is 1. The summed E-state index contributed by atoms with van der Waals surface area (Å²) in [7, 11) is 0. The first kappa shape index (κ1) is 17.9. The Bertz CT molecular complexity index is 798. The molecule has 1 aliphatic rings. The van der Waals surface area contributed by atoms with Gasteiger partial charge in [-0.25, -0.2) is 4.79 Å². The zero-order chi connectivity index (χ0) is 18.4. The van der Waals surface area contributed by atoms with E-state index in [0.717, 1.165) is 30.4 Å². The summed E-state index contributed by atoms with van der Waals surface area (Å²) in [5.74, 6) is -0.797. The molecule has 2 atom stereocenters. The van der Waals surface area contributed by atoms with Crippen LogP contribution in [0.2, 0.25) is 0 Å². The second kappa shape index (κ2) is 8.48. The van der Waals surface area contributed by atoms with Crippen LogP contribution in [0.4, 0.5) is 0 Å². The maximum absolute atomic E-state index is 12.4. The summed E-state index contributed by atoms with van der Waals surface area (Å²) >= 11 is 0. The molecule has 4 heteroatoms. The van der Waals surface area contributed by atoms with Gasteiger partial charge in [0.15, 0.2) is 6.10 Å². The number of ether oxygens (including phenoxy) is 1. The van der Waals surface area contributed by atoms with Gasteiger partial charge >= 0.3 is 5.97 Å². The van der Waals surface area contributed by atoms with E-state index in [1.165, 1.54) is 11.6 Å². The molecule has 0 radical (unpaired) electrons. The van der Waals surface area contributed by atoms with Gasteiger partial charge in [0.05, 0.1) is 6.04 Å². The standard InChI is InChI=1S/C22H23NO3/c1-16(26-21(24)15-14-17-8-3-2-4-9-17)22(25)23-20-13-7-11-18-10-5-6-12-19(18)20/h2-6,8-10,12,14-16,20H,7,11,13H2,1H3,(H,23,25)/b15-14+/t16-,20-/m1/s1. The van der Waals surface area contributed by atoms with Crippen LogP contribution in [-0.2, 0) is 20.7 Å². The maximum Gasteiger partial charge on any atom is 0.331 e. The number of nitrogens with one attached hydrogen (secondary N) is 1. The topological polar surface area (TPSA) is 55.4 Å². The predicted octanol–water partition coefficient (Wildman–Crippen LogP) is 3.83. The van der Waals surface area contributed by atoms with Crippen molar-refractivity contribution in [2.24, 2.45) is 0 Å². The Labute approximate surface area is 153 Å². The lowest BCUT2D eigenvalue weighted by molar-refractivity contribution is -0.150. The molecule has 0 spiro atoms. The van der Waals surface area contributed by atoms with E-state index in [4.69, 9.17) is 4.74 Å². The fourth-order valence-electron chi connectivity index (χ4n) is 3.19. The zero-order valence-electron chi connectivity index (χ0n) is 14.9. The van der Waals surface area contributed by atoms with Gasteiger partial charge in [-0.1, -0.05) is 54.6 Å². The number of esters is 1. The van der Waals surface area contributed by atoms with Gasteiger partial charge in [-0.3, -0.25) is 4.79 Å². The Morgan fingerprint density at radius 3 is 2.65 bits per heavy atom. The van der Waals surface area contributed by atoms with Crippen molar-refractivity contribution in [3.63, 3.8) is 0 Å². The van der Waals surface area contributed by atoms with Crippen molar-refractivity contribution in [1.82, 2.24) is 5.32 Å². The predicted molar refractivity (Wildman–Crippen MR) is 101 cm³/mol. The highest BCUT2D eigenvalue weighted by Gasteiger charge is 2.24. The number of hydrogen-bond donors (Lipinski definition) is 1. The Morgan fingerprint density at radius 2 is 1.85 bits per heavy atom. The van der Waals surface area contributed by atoms with Crippen LogP contribution in [0.5, 0.6) is 0 Å². The fraction of sp³-hybridized carbons (Fsp3) is 0.273. The smallest absolute Gasteiger partial charge is 0.331 e. The van der Waals surface area contributed by atoms with Crippen LogP contribution in [0.1, 0.15) is 42.5 Å². The number of carbonyl (C=O) groups is 2. The number of benzene rings is 2. The summed E-state index contributed by atoms with van der Waals surface area (Å²) < 4.78 is 5.23. The Hall–Kier alpha value is -2.88. The van der Waals surface area contributed by atoms with Crippen LogP contribution < -0.4 is 5.32 Å². The van der Waals surface area contributed by atoms with E-state index in [0.29, 0.717) is 0 Å². The van der Waals surface area contributed by atoms with E-state index >= 15 is 0 Å². The SMILES string of the molecule is C[C@@H](OC(=O)/C=C/c1ccccc1)C(=O)N[C@@H]1CCCc2ccccc21. The summed E-state index contributed by atoms with van der Waals surface area (Å²) in [5, 5.41) is 3.01. The van der Waals surface area contributed by atoms with E-state index in [1.54, 1.807) is 13.0 Å². The average molecular weight is 349 g/mol. The molecule has 0 saturated carbocycles. The summed E-state index contributed by atoms with van der Waals surface area (Å²) in [6.45, 7) is 1.60. The van der Waals surface area contributed by atoms with Crippen LogP contribution in [0.15, 0.2) is 60.7 Å². The van der Waals surface area contributed by atoms with Gasteiger partial charge in [-0.15, -0.1) is 0 Å². The van der Waals surface area contributed by atoms with Crippen molar-refractivity contribution in [2.45, 2.75) is 38.3 Å². The molecule has 0 aliphatic heterocycles. The quantitative estimate of drug-likeness (QED) is 0.659. The first-order valence-electron chi connectivity index (χ1n) is 8.95. The van der Waals surface area contributed by atoms with Gasteiger partial charge in [-0.2, -0.15) is 0 Å². The van der Waals surface area contributed by atoms with Crippen LogP contribution in [0.25, 0.3) is 6.08 Å². The first-order valence-corrected chi connectivity index (χ1v) is 8.95. The molecule has 0 fully saturated rings. The van der Waals surface area contributed by atoms with E-state index in [9.17, 15) is 9.59 Å². The van der Waals surface area contributed by atoms with Gasteiger partial charge in [0.25, 0.3) is 5.91 Å². The second-order valence-electron chi connectivity index (χ2n) is 6.48. The minimum atomic E-state index is -0.836. The lowest BCUT2D eigenvalue weighted by atomic mass is 9.87. The normalized spacial score (nSPS) is 17.3. The number of carbonyl (C=O) groups excluding carboxylic acids is 2. The Kier molecular flexibility index (Phi) is 5.84. The van der Waals surface area contributed by atoms with Gasteiger partial charge in [-0.05, 0) is 49.0 Å². The second-order valence-corrected chi connectivity index (χ2v) is 6.48. The van der Waals surface area contributed by atoms with E-state index < -0.39 is 12.1 Å². The van der Waals surface area contributed by atoms with E-state index in [-0.39, 0.29) is 11.9 Å². The van der Waals surface area contributed by atoms with Gasteiger partial charge in [0.2, 0.25) is 0 Å². The van der Waals surface area contributed by atoms with E-state index in [1.807, 2.05) is 42.5 Å². The lowest BCUT2D eigenvalue weighted by Crippen LogP contribution is -2.39. The first-order chi connectivity index (χ1) is 12.6. The molecule has 0 heterocycles. The summed E-state index contributed by atoms with van der Waals surface area (Å²) in [5.41, 5.74) is 3.34. The van der Waals surface area contributed by atoms with Gasteiger partial charge in [0.1, 0.15) is 0 Å². The van der Waals surface area contributed by atoms with Crippen LogP contribution >= 0.6 is 0 Å². The minimum absolute atomic E-state index is 0.0199. The van der Waals surface area contributed by atoms with Crippen LogP contribution in [-0.4, -0.2) is 18.0 Å². The third-order valence-corrected chi connectivity index (χ3v) is 4.56. The number of hydrogen-bond acceptors (Lipinski definition) is 3. The molecule has 0 saturated heterocycles. The van der Waals surface area contributed by atoms with Crippen molar-refractivity contribution in [3.05, 3.63) is 77.4 Å². The highest BCUT2D eigenvalue weighted by atomic mass is 16.5. The molecule has 26 heavy (non-hydrogen) atoms. The monoisotopic (exact) mass is 349 g/mol. The fourth-order valence-corrected chi connectivity index (χ4v) is 3.19. The molecule has 3 rings (SSSR count). The third-order valence-electron chi connectivity index (χ3n) is 4.56. The largest absolute Gasteiger partial charge is 0.449 e. The van der Waals surface area contributed by atoms with Crippen molar-refractivity contribution in [3.8, 4) is 0 Å². The van der Waals surface area contributed by atoms with Gasteiger partial charge in [0, 0.05) is 6.08 Å². The van der Waals surface area contributed by atoms with Gasteiger partial charge < -0.3 is 10.1 Å². The zero-order valence-corrected chi connectivity index (χ0v) is 14.9. The Morgan fingerprint density at radius 1 is 1.12 bits per heavy atom. The van der Waals surface area contributed by atoms with Crippen molar-refractivity contribution in [1.29, 1.82) is 0 Å². The summed E-state index contributed by atoms with van der Waals surface area (Å²) in [6.07, 6.45) is 5.15. The summed E-state index contributed by atoms with van der Waals surface area (Å²) in [6, 6.07) is 17.6. The van der Waals surface area contributed by atoms with E-state index in [2.05, 4.69) is 17.4 Å². The molecule has 0 aromatic heterocycles. The van der Waals surface area contributed by atoms with Crippen LogP contribution in [0.3, 0.4) is 0 Å². The molecule has 134 valence electrons. The lowest BCUT2D eigenvalue weighted by Gasteiger charge is -2.27. The highest BCUT2D eigenvalue weighted by molar-refractivity contribution is 5.90. The molecular formula is C22H23NO3. The minimum Gasteiger partial charge on any atom is -0.449 e. The molecule has 2 aromatic carbocycles. The van der Waals surface area contributed by atoms with Crippen molar-refractivity contribution >= 4 is 18.0 Å². The van der Waals surface area contributed by atoms with Crippen molar-refractivity contribution in [2.75, 3.05) is 0 Å². The molecule has 0 unspecified atom stereocenters. The highest BCUT2D eigenvalue weighted by Crippen LogP contribution is 2.29. The average Bonchev–Trinajstić information content (AvgIpc) is 2.67. The van der Waals surface area contributed by atoms with Crippen LogP contribution in [0, 0.1) is 0 Å². The summed E-state index contributed by atoms with van der Waals surface area (Å²) in [4.78, 5) is 24.4. The molecule has 1 N–H and O–H groups in total. The molecule has 4 nitrogen and oxygen atoms in total.